The molecule has 0 aromatic heterocycles. The number of hydrogen-bond donors (Lipinski definition) is 2. The van der Waals surface area contributed by atoms with E-state index in [4.69, 9.17) is 4.74 Å². The van der Waals surface area contributed by atoms with Gasteiger partial charge in [0.1, 0.15) is 5.60 Å². The zero-order valence-electron chi connectivity index (χ0n) is 12.9. The molecule has 1 fully saturated rings. The van der Waals surface area contributed by atoms with Crippen LogP contribution >= 0.6 is 0 Å². The Morgan fingerprint density at radius 3 is 2.53 bits per heavy atom. The smallest absolute Gasteiger partial charge is 0.407 e. The standard InChI is InChI=1S/C15H30N2O2/c1-5-6-7-10-16-13(12-8-9-12)11-17-14(18)19-15(2,3)4/h12-13,16H,5-11H2,1-4H3,(H,17,18). The minimum Gasteiger partial charge on any atom is -0.444 e. The SMILES string of the molecule is CCCCCNC(CNC(=O)OC(C)(C)C)C1CC1. The monoisotopic (exact) mass is 270 g/mol. The van der Waals surface area contributed by atoms with E-state index in [-0.39, 0.29) is 6.09 Å². The number of hydrogen-bond acceptors (Lipinski definition) is 3. The molecule has 0 aromatic rings. The molecule has 0 spiro atoms. The van der Waals surface area contributed by atoms with Crippen LogP contribution in [0.25, 0.3) is 0 Å². The molecule has 1 saturated carbocycles. The van der Waals surface area contributed by atoms with E-state index in [0.717, 1.165) is 12.5 Å². The molecule has 1 aliphatic carbocycles. The van der Waals surface area contributed by atoms with Gasteiger partial charge < -0.3 is 15.4 Å². The van der Waals surface area contributed by atoms with Gasteiger partial charge in [0.15, 0.2) is 0 Å². The molecule has 0 bridgehead atoms. The second-order valence-electron chi connectivity index (χ2n) is 6.49. The van der Waals surface area contributed by atoms with Crippen LogP contribution < -0.4 is 10.6 Å². The van der Waals surface area contributed by atoms with Crippen LogP contribution in [-0.2, 0) is 4.74 Å². The van der Waals surface area contributed by atoms with Gasteiger partial charge in [0.2, 0.25) is 0 Å². The highest BCUT2D eigenvalue weighted by atomic mass is 16.6. The Balaban J connectivity index is 2.20. The van der Waals surface area contributed by atoms with Gasteiger partial charge in [0.05, 0.1) is 0 Å². The van der Waals surface area contributed by atoms with Gasteiger partial charge in [-0.2, -0.15) is 0 Å². The lowest BCUT2D eigenvalue weighted by molar-refractivity contribution is 0.0521. The van der Waals surface area contributed by atoms with Crippen LogP contribution in [0, 0.1) is 5.92 Å². The Morgan fingerprint density at radius 1 is 1.32 bits per heavy atom. The highest BCUT2D eigenvalue weighted by molar-refractivity contribution is 5.67. The summed E-state index contributed by atoms with van der Waals surface area (Å²) in [6, 6.07) is 0.407. The summed E-state index contributed by atoms with van der Waals surface area (Å²) in [5, 5.41) is 6.44. The molecule has 1 amide bonds. The van der Waals surface area contributed by atoms with Crippen LogP contribution in [-0.4, -0.2) is 30.8 Å². The lowest BCUT2D eigenvalue weighted by Gasteiger charge is -2.22. The van der Waals surface area contributed by atoms with E-state index in [1.807, 2.05) is 20.8 Å². The summed E-state index contributed by atoms with van der Waals surface area (Å²) in [7, 11) is 0. The van der Waals surface area contributed by atoms with E-state index >= 15 is 0 Å². The minimum absolute atomic E-state index is 0.312. The molecule has 0 saturated heterocycles. The predicted octanol–water partition coefficient (Wildman–Crippen LogP) is 3.07. The van der Waals surface area contributed by atoms with E-state index in [0.29, 0.717) is 12.6 Å². The molecular formula is C15H30N2O2. The first kappa shape index (κ1) is 16.3. The van der Waals surface area contributed by atoms with Crippen LogP contribution in [0.1, 0.15) is 59.8 Å². The summed E-state index contributed by atoms with van der Waals surface area (Å²) >= 11 is 0. The summed E-state index contributed by atoms with van der Waals surface area (Å²) in [5.41, 5.74) is -0.423. The first-order valence-corrected chi connectivity index (χ1v) is 7.62. The fraction of sp³-hybridized carbons (Fsp3) is 0.933. The topological polar surface area (TPSA) is 50.4 Å². The summed E-state index contributed by atoms with van der Waals surface area (Å²) < 4.78 is 5.25. The number of amides is 1. The van der Waals surface area contributed by atoms with Gasteiger partial charge in [-0.15, -0.1) is 0 Å². The molecule has 1 atom stereocenters. The first-order valence-electron chi connectivity index (χ1n) is 7.62. The van der Waals surface area contributed by atoms with E-state index in [1.54, 1.807) is 0 Å². The maximum Gasteiger partial charge on any atom is 0.407 e. The molecule has 4 heteroatoms. The number of nitrogens with one attached hydrogen (secondary N) is 2. The Kier molecular flexibility index (Phi) is 6.63. The summed E-state index contributed by atoms with van der Waals surface area (Å²) in [6.45, 7) is 9.58. The van der Waals surface area contributed by atoms with Crippen molar-refractivity contribution in [1.29, 1.82) is 0 Å². The summed E-state index contributed by atoms with van der Waals surface area (Å²) in [5.74, 6) is 0.733. The molecule has 4 nitrogen and oxygen atoms in total. The zero-order valence-corrected chi connectivity index (χ0v) is 12.9. The third kappa shape index (κ3) is 8.09. The number of carbonyl (C=O) groups excluding carboxylic acids is 1. The van der Waals surface area contributed by atoms with Crippen molar-refractivity contribution < 1.29 is 9.53 Å². The van der Waals surface area contributed by atoms with Crippen molar-refractivity contribution in [1.82, 2.24) is 10.6 Å². The van der Waals surface area contributed by atoms with Crippen LogP contribution in [0.4, 0.5) is 4.79 Å². The average Bonchev–Trinajstić information content (AvgIpc) is 3.09. The Labute approximate surface area is 117 Å². The minimum atomic E-state index is -0.423. The molecule has 2 N–H and O–H groups in total. The van der Waals surface area contributed by atoms with Crippen molar-refractivity contribution >= 4 is 6.09 Å². The quantitative estimate of drug-likeness (QED) is 0.666. The molecule has 1 aliphatic rings. The summed E-state index contributed by atoms with van der Waals surface area (Å²) in [4.78, 5) is 11.6. The lowest BCUT2D eigenvalue weighted by atomic mass is 10.1. The normalized spacial score (nSPS) is 17.1. The van der Waals surface area contributed by atoms with E-state index in [9.17, 15) is 4.79 Å². The van der Waals surface area contributed by atoms with Crippen molar-refractivity contribution in [2.24, 2.45) is 5.92 Å². The van der Waals surface area contributed by atoms with Gasteiger partial charge in [-0.1, -0.05) is 19.8 Å². The Bertz CT molecular complexity index is 270. The molecule has 112 valence electrons. The Hall–Kier alpha value is -0.770. The van der Waals surface area contributed by atoms with Gasteiger partial charge >= 0.3 is 6.09 Å². The van der Waals surface area contributed by atoms with Gasteiger partial charge in [-0.25, -0.2) is 4.79 Å². The van der Waals surface area contributed by atoms with Crippen molar-refractivity contribution in [2.75, 3.05) is 13.1 Å². The van der Waals surface area contributed by atoms with Crippen LogP contribution in [0.3, 0.4) is 0 Å². The second-order valence-corrected chi connectivity index (χ2v) is 6.49. The molecular weight excluding hydrogens is 240 g/mol. The van der Waals surface area contributed by atoms with Gasteiger partial charge in [0.25, 0.3) is 0 Å². The molecule has 0 aromatic carbocycles. The number of carbonyl (C=O) groups is 1. The van der Waals surface area contributed by atoms with Crippen LogP contribution in [0.15, 0.2) is 0 Å². The van der Waals surface area contributed by atoms with E-state index in [2.05, 4.69) is 17.6 Å². The average molecular weight is 270 g/mol. The maximum absolute atomic E-state index is 11.6. The third-order valence-corrected chi connectivity index (χ3v) is 3.24. The largest absolute Gasteiger partial charge is 0.444 e. The second kappa shape index (κ2) is 7.73. The highest BCUT2D eigenvalue weighted by Crippen LogP contribution is 2.32. The highest BCUT2D eigenvalue weighted by Gasteiger charge is 2.31. The third-order valence-electron chi connectivity index (χ3n) is 3.24. The van der Waals surface area contributed by atoms with Gasteiger partial charge in [-0.05, 0) is 52.5 Å². The van der Waals surface area contributed by atoms with Crippen molar-refractivity contribution in [2.45, 2.75) is 71.4 Å². The fourth-order valence-electron chi connectivity index (χ4n) is 2.07. The molecule has 1 unspecified atom stereocenters. The molecule has 0 aliphatic heterocycles. The van der Waals surface area contributed by atoms with Crippen molar-refractivity contribution in [3.05, 3.63) is 0 Å². The van der Waals surface area contributed by atoms with E-state index < -0.39 is 5.60 Å². The summed E-state index contributed by atoms with van der Waals surface area (Å²) in [6.07, 6.45) is 5.97. The number of ether oxygens (including phenoxy) is 1. The van der Waals surface area contributed by atoms with Crippen LogP contribution in [0.2, 0.25) is 0 Å². The van der Waals surface area contributed by atoms with Gasteiger partial charge in [0, 0.05) is 12.6 Å². The van der Waals surface area contributed by atoms with E-state index in [1.165, 1.54) is 32.1 Å². The molecule has 19 heavy (non-hydrogen) atoms. The molecule has 0 heterocycles. The molecule has 1 rings (SSSR count). The van der Waals surface area contributed by atoms with Crippen molar-refractivity contribution in [3.8, 4) is 0 Å². The molecule has 0 radical (unpaired) electrons. The number of alkyl carbamates (subject to hydrolysis) is 1. The fourth-order valence-corrected chi connectivity index (χ4v) is 2.07. The Morgan fingerprint density at radius 2 is 2.00 bits per heavy atom. The van der Waals surface area contributed by atoms with Crippen LogP contribution in [0.5, 0.6) is 0 Å². The lowest BCUT2D eigenvalue weighted by Crippen LogP contribution is -2.44. The maximum atomic E-state index is 11.6. The first-order chi connectivity index (χ1) is 8.92. The number of unbranched alkanes of at least 4 members (excludes halogenated alkanes) is 2. The zero-order chi connectivity index (χ0) is 14.3. The predicted molar refractivity (Wildman–Crippen MR) is 78.3 cm³/mol. The van der Waals surface area contributed by atoms with Gasteiger partial charge in [-0.3, -0.25) is 0 Å². The van der Waals surface area contributed by atoms with Crippen molar-refractivity contribution in [3.63, 3.8) is 0 Å². The number of rotatable bonds is 8.